The second-order valence-electron chi connectivity index (χ2n) is 6.81. The summed E-state index contributed by atoms with van der Waals surface area (Å²) in [6, 6.07) is 7.82. The zero-order valence-corrected chi connectivity index (χ0v) is 17.5. The van der Waals surface area contributed by atoms with Gasteiger partial charge in [-0.15, -0.1) is 0 Å². The molecule has 1 unspecified atom stereocenters. The van der Waals surface area contributed by atoms with E-state index in [-0.39, 0.29) is 22.1 Å². The van der Waals surface area contributed by atoms with Crippen molar-refractivity contribution in [3.8, 4) is 0 Å². The second-order valence-corrected chi connectivity index (χ2v) is 9.54. The highest BCUT2D eigenvalue weighted by molar-refractivity contribution is 7.91. The fraction of sp³-hybridized carbons (Fsp3) is 0.263. The van der Waals surface area contributed by atoms with Crippen LogP contribution >= 0.6 is 11.3 Å². The van der Waals surface area contributed by atoms with Crippen molar-refractivity contribution < 1.29 is 13.2 Å². The number of aryl methyl sites for hydroxylation is 1. The third kappa shape index (κ3) is 4.16. The molecule has 1 aliphatic heterocycles. The first-order chi connectivity index (χ1) is 13.1. The largest absolute Gasteiger partial charge is 0.378 e. The number of likely N-dealkylation sites (N-methyl/N-ethyl adjacent to an activating group) is 1. The minimum atomic E-state index is -3.85. The van der Waals surface area contributed by atoms with Crippen LogP contribution in [0.4, 0.5) is 5.13 Å². The Morgan fingerprint density at radius 3 is 2.50 bits per heavy atom. The first-order valence-corrected chi connectivity index (χ1v) is 10.9. The summed E-state index contributed by atoms with van der Waals surface area (Å²) >= 11 is 0.893. The number of hydrogen-bond acceptors (Lipinski definition) is 6. The Morgan fingerprint density at radius 1 is 1.29 bits per heavy atom. The van der Waals surface area contributed by atoms with Gasteiger partial charge >= 0.3 is 0 Å². The molecule has 1 amide bonds. The fourth-order valence-electron chi connectivity index (χ4n) is 2.90. The van der Waals surface area contributed by atoms with Crippen molar-refractivity contribution in [1.82, 2.24) is 10.3 Å². The molecule has 148 valence electrons. The van der Waals surface area contributed by atoms with Crippen LogP contribution in [0.3, 0.4) is 0 Å². The number of anilines is 1. The number of thiazole rings is 1. The van der Waals surface area contributed by atoms with Crippen LogP contribution in [0.1, 0.15) is 23.7 Å². The van der Waals surface area contributed by atoms with Gasteiger partial charge in [-0.3, -0.25) is 9.69 Å². The van der Waals surface area contributed by atoms with Crippen LogP contribution in [0.15, 0.2) is 52.9 Å². The Labute approximate surface area is 168 Å². The van der Waals surface area contributed by atoms with E-state index >= 15 is 0 Å². The van der Waals surface area contributed by atoms with Crippen molar-refractivity contribution in [3.05, 3.63) is 65.5 Å². The lowest BCUT2D eigenvalue weighted by Crippen LogP contribution is -2.35. The molecule has 0 radical (unpaired) electrons. The normalized spacial score (nSPS) is 18.7. The molecule has 1 atom stereocenters. The molecule has 1 aromatic carbocycles. The van der Waals surface area contributed by atoms with Crippen LogP contribution in [-0.2, 0) is 26.8 Å². The molecule has 28 heavy (non-hydrogen) atoms. The van der Waals surface area contributed by atoms with Crippen molar-refractivity contribution >= 4 is 32.4 Å². The van der Waals surface area contributed by atoms with E-state index in [1.165, 1.54) is 4.90 Å². The van der Waals surface area contributed by atoms with Gasteiger partial charge in [-0.25, -0.2) is 18.5 Å². The van der Waals surface area contributed by atoms with E-state index in [0.29, 0.717) is 10.8 Å². The Hall–Kier alpha value is -2.49. The number of hydrogen-bond donors (Lipinski definition) is 2. The molecule has 0 bridgehead atoms. The van der Waals surface area contributed by atoms with Gasteiger partial charge in [-0.05, 0) is 37.3 Å². The summed E-state index contributed by atoms with van der Waals surface area (Å²) in [4.78, 5) is 18.1. The first-order valence-electron chi connectivity index (χ1n) is 8.58. The highest BCUT2D eigenvalue weighted by Gasteiger charge is 2.24. The van der Waals surface area contributed by atoms with E-state index in [0.717, 1.165) is 22.5 Å². The molecule has 7 nitrogen and oxygen atoms in total. The van der Waals surface area contributed by atoms with Gasteiger partial charge in [0.15, 0.2) is 9.34 Å². The summed E-state index contributed by atoms with van der Waals surface area (Å²) < 4.78 is 23.1. The molecule has 2 heterocycles. The molecule has 0 saturated carbocycles. The molecule has 0 fully saturated rings. The zero-order chi connectivity index (χ0) is 20.5. The minimum Gasteiger partial charge on any atom is -0.378 e. The van der Waals surface area contributed by atoms with E-state index in [2.05, 4.69) is 23.3 Å². The van der Waals surface area contributed by atoms with Gasteiger partial charge < -0.3 is 5.32 Å². The standard InChI is InChI=1S/C19H22N4O3S2/c1-13-17(28(20,25)26)27-18(22-13)23(3)16(24)12-14-6-8-15(9-7-14)19(2)10-4-5-11-21-19/h4-11,21H,12H2,1-3H3,(H2,20,25,26). The number of dihydropyridines is 1. The predicted molar refractivity (Wildman–Crippen MR) is 111 cm³/mol. The molecule has 0 aliphatic carbocycles. The Balaban J connectivity index is 1.73. The monoisotopic (exact) mass is 418 g/mol. The maximum Gasteiger partial charge on any atom is 0.249 e. The number of carbonyl (C=O) groups is 1. The number of primary sulfonamides is 1. The van der Waals surface area contributed by atoms with Crippen molar-refractivity contribution in [3.63, 3.8) is 0 Å². The summed E-state index contributed by atoms with van der Waals surface area (Å²) in [6.45, 7) is 3.63. The summed E-state index contributed by atoms with van der Waals surface area (Å²) in [5.41, 5.74) is 1.96. The summed E-state index contributed by atoms with van der Waals surface area (Å²) in [5, 5.41) is 8.81. The van der Waals surface area contributed by atoms with E-state index < -0.39 is 10.0 Å². The van der Waals surface area contributed by atoms with Gasteiger partial charge in [0.25, 0.3) is 0 Å². The number of benzene rings is 1. The number of rotatable bonds is 5. The minimum absolute atomic E-state index is 0.0261. The van der Waals surface area contributed by atoms with Gasteiger partial charge in [-0.2, -0.15) is 0 Å². The molecule has 3 N–H and O–H groups in total. The lowest BCUT2D eigenvalue weighted by atomic mass is 9.89. The van der Waals surface area contributed by atoms with Gasteiger partial charge in [-0.1, -0.05) is 47.8 Å². The van der Waals surface area contributed by atoms with Crippen molar-refractivity contribution in [2.45, 2.75) is 30.0 Å². The smallest absolute Gasteiger partial charge is 0.249 e. The molecular weight excluding hydrogens is 396 g/mol. The van der Waals surface area contributed by atoms with Crippen molar-refractivity contribution in [2.24, 2.45) is 5.14 Å². The number of aromatic nitrogens is 1. The maximum atomic E-state index is 12.6. The topological polar surface area (TPSA) is 105 Å². The van der Waals surface area contributed by atoms with Crippen molar-refractivity contribution in [2.75, 3.05) is 11.9 Å². The van der Waals surface area contributed by atoms with E-state index in [1.54, 1.807) is 14.0 Å². The van der Waals surface area contributed by atoms with Crippen LogP contribution in [-0.4, -0.2) is 26.4 Å². The highest BCUT2D eigenvalue weighted by atomic mass is 32.2. The van der Waals surface area contributed by atoms with Gasteiger partial charge in [0.1, 0.15) is 0 Å². The predicted octanol–water partition coefficient (Wildman–Crippen LogP) is 2.19. The third-order valence-corrected chi connectivity index (χ3v) is 7.38. The average Bonchev–Trinajstić information content (AvgIpc) is 3.04. The summed E-state index contributed by atoms with van der Waals surface area (Å²) in [5.74, 6) is -0.188. The molecule has 0 saturated heterocycles. The molecule has 2 aromatic rings. The number of nitrogens with two attached hydrogens (primary N) is 1. The quantitative estimate of drug-likeness (QED) is 0.774. The molecule has 1 aliphatic rings. The van der Waals surface area contributed by atoms with Gasteiger partial charge in [0, 0.05) is 7.05 Å². The Bertz CT molecular complexity index is 1060. The SMILES string of the molecule is Cc1nc(N(C)C(=O)Cc2ccc(C3(C)C=CC=CN3)cc2)sc1S(N)(=O)=O. The molecule has 0 spiro atoms. The average molecular weight is 419 g/mol. The van der Waals surface area contributed by atoms with Crippen LogP contribution in [0, 0.1) is 6.92 Å². The maximum absolute atomic E-state index is 12.6. The van der Waals surface area contributed by atoms with E-state index in [4.69, 9.17) is 5.14 Å². The van der Waals surface area contributed by atoms with Crippen molar-refractivity contribution in [1.29, 1.82) is 0 Å². The number of allylic oxidation sites excluding steroid dienone is 2. The number of amides is 1. The fourth-order valence-corrected chi connectivity index (χ4v) is 4.82. The van der Waals surface area contributed by atoms with Crippen LogP contribution < -0.4 is 15.4 Å². The Kier molecular flexibility index (Phi) is 5.42. The van der Waals surface area contributed by atoms with E-state index in [1.807, 2.05) is 42.6 Å². The second kappa shape index (κ2) is 7.50. The number of sulfonamides is 1. The summed E-state index contributed by atoms with van der Waals surface area (Å²) in [7, 11) is -2.27. The van der Waals surface area contributed by atoms with Crippen LogP contribution in [0.25, 0.3) is 0 Å². The van der Waals surface area contributed by atoms with Gasteiger partial charge in [0.2, 0.25) is 15.9 Å². The lowest BCUT2D eigenvalue weighted by Gasteiger charge is -2.29. The first kappa shape index (κ1) is 20.2. The zero-order valence-electron chi connectivity index (χ0n) is 15.8. The molecule has 3 rings (SSSR count). The third-order valence-electron chi connectivity index (χ3n) is 4.59. The Morgan fingerprint density at radius 2 is 1.96 bits per heavy atom. The van der Waals surface area contributed by atoms with E-state index in [9.17, 15) is 13.2 Å². The summed E-state index contributed by atoms with van der Waals surface area (Å²) in [6.07, 6.45) is 8.09. The van der Waals surface area contributed by atoms with Crippen LogP contribution in [0.2, 0.25) is 0 Å². The molecule has 9 heteroatoms. The van der Waals surface area contributed by atoms with Crippen LogP contribution in [0.5, 0.6) is 0 Å². The van der Waals surface area contributed by atoms with Gasteiger partial charge in [0.05, 0.1) is 17.7 Å². The number of nitrogens with zero attached hydrogens (tertiary/aromatic N) is 2. The molecular formula is C19H22N4O3S2. The number of carbonyl (C=O) groups excluding carboxylic acids is 1. The lowest BCUT2D eigenvalue weighted by molar-refractivity contribution is -0.117. The molecule has 1 aromatic heterocycles. The highest BCUT2D eigenvalue weighted by Crippen LogP contribution is 2.29. The number of nitrogens with one attached hydrogen (secondary N) is 1.